The van der Waals surface area contributed by atoms with Gasteiger partial charge in [0.2, 0.25) is 0 Å². The lowest BCUT2D eigenvalue weighted by molar-refractivity contribution is 0.448. The zero-order valence-electron chi connectivity index (χ0n) is 7.83. The summed E-state index contributed by atoms with van der Waals surface area (Å²) in [6.45, 7) is 0. The van der Waals surface area contributed by atoms with E-state index in [2.05, 4.69) is 0 Å². The van der Waals surface area contributed by atoms with Gasteiger partial charge in [0, 0.05) is 4.90 Å². The Kier molecular flexibility index (Phi) is 4.35. The number of hydrogen-bond donors (Lipinski definition) is 1. The molecule has 0 aliphatic heterocycles. The zero-order chi connectivity index (χ0) is 9.84. The molecule has 0 radical (unpaired) electrons. The normalized spacial score (nSPS) is 10.4. The minimum atomic E-state index is 0.415. The summed E-state index contributed by atoms with van der Waals surface area (Å²) in [5, 5.41) is 9.76. The Hall–Kier alpha value is 0.0700. The third-order valence-electron chi connectivity index (χ3n) is 1.69. The maximum absolute atomic E-state index is 9.76. The first-order valence-corrected chi connectivity index (χ1v) is 7.39. The molecule has 72 valence electrons. The molecule has 4 heteroatoms. The van der Waals surface area contributed by atoms with Crippen LogP contribution in [-0.4, -0.2) is 23.9 Å². The van der Waals surface area contributed by atoms with Crippen molar-refractivity contribution in [2.75, 3.05) is 18.8 Å². The van der Waals surface area contributed by atoms with Gasteiger partial charge in [-0.2, -0.15) is 0 Å². The second kappa shape index (κ2) is 5.08. The number of thioether (sulfide) groups is 3. The molecular weight excluding hydrogens is 220 g/mol. The average Bonchev–Trinajstić information content (AvgIpc) is 2.18. The summed E-state index contributed by atoms with van der Waals surface area (Å²) in [6, 6.07) is 4.04. The number of phenolic OH excluding ortho intramolecular Hbond substituents is 1. The van der Waals surface area contributed by atoms with Gasteiger partial charge < -0.3 is 5.11 Å². The second-order valence-corrected chi connectivity index (χ2v) is 4.96. The smallest absolute Gasteiger partial charge is 0.142 e. The van der Waals surface area contributed by atoms with Crippen LogP contribution in [0.25, 0.3) is 0 Å². The minimum Gasteiger partial charge on any atom is -0.506 e. The van der Waals surface area contributed by atoms with E-state index >= 15 is 0 Å². The highest BCUT2D eigenvalue weighted by molar-refractivity contribution is 8.00. The molecule has 0 unspecified atom stereocenters. The summed E-state index contributed by atoms with van der Waals surface area (Å²) in [7, 11) is 0. The van der Waals surface area contributed by atoms with E-state index in [1.165, 1.54) is 4.90 Å². The fourth-order valence-corrected chi connectivity index (χ4v) is 2.77. The van der Waals surface area contributed by atoms with Crippen molar-refractivity contribution < 1.29 is 5.11 Å². The SMILES string of the molecule is CSc1cc(SC)c(O)c(SC)c1. The van der Waals surface area contributed by atoms with E-state index in [4.69, 9.17) is 0 Å². The van der Waals surface area contributed by atoms with E-state index in [9.17, 15) is 5.11 Å². The van der Waals surface area contributed by atoms with Crippen LogP contribution in [-0.2, 0) is 0 Å². The van der Waals surface area contributed by atoms with Crippen molar-refractivity contribution in [2.45, 2.75) is 14.7 Å². The Bertz CT molecular complexity index is 274. The van der Waals surface area contributed by atoms with Crippen LogP contribution in [0.2, 0.25) is 0 Å². The minimum absolute atomic E-state index is 0.415. The third kappa shape index (κ3) is 2.51. The number of phenols is 1. The van der Waals surface area contributed by atoms with Crippen LogP contribution in [0.1, 0.15) is 0 Å². The van der Waals surface area contributed by atoms with Gasteiger partial charge in [-0.1, -0.05) is 0 Å². The van der Waals surface area contributed by atoms with Gasteiger partial charge in [0.05, 0.1) is 9.79 Å². The summed E-state index contributed by atoms with van der Waals surface area (Å²) in [6.07, 6.45) is 5.99. The lowest BCUT2D eigenvalue weighted by Gasteiger charge is -2.08. The fraction of sp³-hybridized carbons (Fsp3) is 0.333. The van der Waals surface area contributed by atoms with Crippen LogP contribution in [0, 0.1) is 0 Å². The van der Waals surface area contributed by atoms with E-state index in [1.807, 2.05) is 30.9 Å². The molecule has 1 rings (SSSR count). The van der Waals surface area contributed by atoms with Crippen LogP contribution < -0.4 is 0 Å². The Labute approximate surface area is 91.7 Å². The van der Waals surface area contributed by atoms with Crippen LogP contribution >= 0.6 is 35.3 Å². The topological polar surface area (TPSA) is 20.2 Å². The molecule has 0 aliphatic carbocycles. The number of aromatic hydroxyl groups is 1. The van der Waals surface area contributed by atoms with Crippen molar-refractivity contribution in [1.82, 2.24) is 0 Å². The van der Waals surface area contributed by atoms with Crippen LogP contribution in [0.3, 0.4) is 0 Å². The van der Waals surface area contributed by atoms with E-state index in [0.29, 0.717) is 5.75 Å². The van der Waals surface area contributed by atoms with Crippen LogP contribution in [0.15, 0.2) is 26.8 Å². The molecule has 0 heterocycles. The first-order chi connectivity index (χ1) is 6.22. The second-order valence-electron chi connectivity index (χ2n) is 2.38. The zero-order valence-corrected chi connectivity index (χ0v) is 10.3. The lowest BCUT2D eigenvalue weighted by atomic mass is 10.3. The molecular formula is C9H12OS3. The van der Waals surface area contributed by atoms with E-state index in [-0.39, 0.29) is 0 Å². The predicted octanol–water partition coefficient (Wildman–Crippen LogP) is 3.56. The molecule has 0 atom stereocenters. The van der Waals surface area contributed by atoms with Crippen molar-refractivity contribution in [2.24, 2.45) is 0 Å². The molecule has 1 nitrogen and oxygen atoms in total. The van der Waals surface area contributed by atoms with Gasteiger partial charge in [0.1, 0.15) is 5.75 Å². The van der Waals surface area contributed by atoms with Gasteiger partial charge in [0.25, 0.3) is 0 Å². The molecule has 0 fully saturated rings. The highest BCUT2D eigenvalue weighted by Gasteiger charge is 2.07. The first-order valence-electron chi connectivity index (χ1n) is 3.72. The lowest BCUT2D eigenvalue weighted by Crippen LogP contribution is -1.80. The number of rotatable bonds is 3. The Balaban J connectivity index is 3.20. The number of benzene rings is 1. The summed E-state index contributed by atoms with van der Waals surface area (Å²) in [5.74, 6) is 0.415. The maximum Gasteiger partial charge on any atom is 0.142 e. The van der Waals surface area contributed by atoms with Crippen molar-refractivity contribution in [3.63, 3.8) is 0 Å². The van der Waals surface area contributed by atoms with Gasteiger partial charge in [-0.25, -0.2) is 0 Å². The molecule has 0 aromatic heterocycles. The standard InChI is InChI=1S/C9H12OS3/c1-11-6-4-7(12-2)9(10)8(5-6)13-3/h4-5,10H,1-3H3. The molecule has 1 aromatic rings. The summed E-state index contributed by atoms with van der Waals surface area (Å²) < 4.78 is 0. The summed E-state index contributed by atoms with van der Waals surface area (Å²) in [4.78, 5) is 3.11. The molecule has 0 saturated heterocycles. The highest BCUT2D eigenvalue weighted by atomic mass is 32.2. The van der Waals surface area contributed by atoms with Gasteiger partial charge in [-0.3, -0.25) is 0 Å². The molecule has 0 aliphatic rings. The van der Waals surface area contributed by atoms with Gasteiger partial charge in [0.15, 0.2) is 0 Å². The van der Waals surface area contributed by atoms with Crippen molar-refractivity contribution in [3.8, 4) is 5.75 Å². The Morgan fingerprint density at radius 1 is 0.923 bits per heavy atom. The Morgan fingerprint density at radius 2 is 1.38 bits per heavy atom. The van der Waals surface area contributed by atoms with E-state index in [1.54, 1.807) is 35.3 Å². The molecule has 0 spiro atoms. The van der Waals surface area contributed by atoms with Gasteiger partial charge in [-0.05, 0) is 30.9 Å². The fourth-order valence-electron chi connectivity index (χ4n) is 0.987. The molecule has 0 bridgehead atoms. The molecule has 1 N–H and O–H groups in total. The third-order valence-corrected chi connectivity index (χ3v) is 3.90. The van der Waals surface area contributed by atoms with E-state index < -0.39 is 0 Å². The van der Waals surface area contributed by atoms with Crippen LogP contribution in [0.4, 0.5) is 0 Å². The Morgan fingerprint density at radius 3 is 1.69 bits per heavy atom. The summed E-state index contributed by atoms with van der Waals surface area (Å²) >= 11 is 4.85. The van der Waals surface area contributed by atoms with Crippen LogP contribution in [0.5, 0.6) is 5.75 Å². The molecule has 13 heavy (non-hydrogen) atoms. The molecule has 1 aromatic carbocycles. The van der Waals surface area contributed by atoms with Gasteiger partial charge >= 0.3 is 0 Å². The monoisotopic (exact) mass is 232 g/mol. The average molecular weight is 232 g/mol. The summed E-state index contributed by atoms with van der Waals surface area (Å²) in [5.41, 5.74) is 0. The largest absolute Gasteiger partial charge is 0.506 e. The van der Waals surface area contributed by atoms with Gasteiger partial charge in [-0.15, -0.1) is 35.3 Å². The quantitative estimate of drug-likeness (QED) is 0.804. The van der Waals surface area contributed by atoms with E-state index in [0.717, 1.165) is 9.79 Å². The first kappa shape index (κ1) is 11.1. The number of hydrogen-bond acceptors (Lipinski definition) is 4. The molecule has 0 saturated carbocycles. The highest BCUT2D eigenvalue weighted by Crippen LogP contribution is 2.38. The van der Waals surface area contributed by atoms with Crippen molar-refractivity contribution >= 4 is 35.3 Å². The molecule has 0 amide bonds. The predicted molar refractivity (Wildman–Crippen MR) is 63.4 cm³/mol. The maximum atomic E-state index is 9.76. The van der Waals surface area contributed by atoms with Crippen molar-refractivity contribution in [3.05, 3.63) is 12.1 Å². The van der Waals surface area contributed by atoms with Crippen molar-refractivity contribution in [1.29, 1.82) is 0 Å².